The van der Waals surface area contributed by atoms with Gasteiger partial charge in [0, 0.05) is 31.5 Å². The van der Waals surface area contributed by atoms with Crippen molar-refractivity contribution in [3.05, 3.63) is 59.7 Å². The summed E-state index contributed by atoms with van der Waals surface area (Å²) in [6.45, 7) is 7.51. The van der Waals surface area contributed by atoms with E-state index in [0.29, 0.717) is 36.4 Å². The number of hydrogen-bond donors (Lipinski definition) is 2. The maximum atomic E-state index is 12.7. The van der Waals surface area contributed by atoms with Gasteiger partial charge in [-0.25, -0.2) is 0 Å². The first-order valence-electron chi connectivity index (χ1n) is 10.3. The summed E-state index contributed by atoms with van der Waals surface area (Å²) < 4.78 is 0. The predicted molar refractivity (Wildman–Crippen MR) is 119 cm³/mol. The Labute approximate surface area is 177 Å². The van der Waals surface area contributed by atoms with E-state index in [1.807, 2.05) is 24.3 Å². The minimum Gasteiger partial charge on any atom is -0.342 e. The van der Waals surface area contributed by atoms with Gasteiger partial charge in [0.15, 0.2) is 0 Å². The summed E-state index contributed by atoms with van der Waals surface area (Å²) in [5.74, 6) is -0.321. The summed E-state index contributed by atoms with van der Waals surface area (Å²) in [6, 6.07) is 14.6. The normalized spacial score (nSPS) is 14.0. The van der Waals surface area contributed by atoms with Crippen LogP contribution in [0.4, 0.5) is 11.4 Å². The Morgan fingerprint density at radius 3 is 2.17 bits per heavy atom. The van der Waals surface area contributed by atoms with E-state index in [0.717, 1.165) is 12.0 Å². The molecule has 6 nitrogen and oxygen atoms in total. The molecule has 2 aromatic rings. The van der Waals surface area contributed by atoms with Crippen LogP contribution in [-0.2, 0) is 15.0 Å². The van der Waals surface area contributed by atoms with Crippen LogP contribution in [0.3, 0.4) is 0 Å². The Bertz CT molecular complexity index is 929. The standard InChI is InChI=1S/C24H29N3O3/c1-24(2,3)18-12-10-17(11-13-18)23(30)26-20-8-5-4-7-19(20)25-21(28)14-16-27-15-6-9-22(27)29/h4-5,7-8,10-13H,6,9,14-16H2,1-3H3,(H,25,28)(H,26,30). The van der Waals surface area contributed by atoms with E-state index < -0.39 is 0 Å². The van der Waals surface area contributed by atoms with Crippen molar-refractivity contribution in [2.75, 3.05) is 23.7 Å². The molecule has 2 aromatic carbocycles. The van der Waals surface area contributed by atoms with Crippen LogP contribution in [0, 0.1) is 0 Å². The average molecular weight is 408 g/mol. The van der Waals surface area contributed by atoms with E-state index in [9.17, 15) is 14.4 Å². The lowest BCUT2D eigenvalue weighted by molar-refractivity contribution is -0.128. The maximum Gasteiger partial charge on any atom is 0.255 e. The smallest absolute Gasteiger partial charge is 0.255 e. The predicted octanol–water partition coefficient (Wildman–Crippen LogP) is 4.19. The highest BCUT2D eigenvalue weighted by molar-refractivity contribution is 6.07. The number of nitrogens with zero attached hydrogens (tertiary/aromatic N) is 1. The van der Waals surface area contributed by atoms with Crippen molar-refractivity contribution in [1.29, 1.82) is 0 Å². The van der Waals surface area contributed by atoms with Crippen molar-refractivity contribution in [2.45, 2.75) is 45.4 Å². The summed E-state index contributed by atoms with van der Waals surface area (Å²) in [5.41, 5.74) is 2.80. The zero-order valence-corrected chi connectivity index (χ0v) is 17.8. The van der Waals surface area contributed by atoms with Gasteiger partial charge in [0.25, 0.3) is 5.91 Å². The first kappa shape index (κ1) is 21.6. The number of hydrogen-bond acceptors (Lipinski definition) is 3. The van der Waals surface area contributed by atoms with E-state index in [2.05, 4.69) is 31.4 Å². The quantitative estimate of drug-likeness (QED) is 0.754. The van der Waals surface area contributed by atoms with Crippen LogP contribution in [0.1, 0.15) is 56.0 Å². The monoisotopic (exact) mass is 407 g/mol. The van der Waals surface area contributed by atoms with Gasteiger partial charge in [-0.3, -0.25) is 14.4 Å². The Kier molecular flexibility index (Phi) is 6.55. The molecule has 0 unspecified atom stereocenters. The highest BCUT2D eigenvalue weighted by Crippen LogP contribution is 2.24. The fourth-order valence-electron chi connectivity index (χ4n) is 3.41. The van der Waals surface area contributed by atoms with Crippen molar-refractivity contribution >= 4 is 29.1 Å². The third kappa shape index (κ3) is 5.47. The van der Waals surface area contributed by atoms with Crippen LogP contribution < -0.4 is 10.6 Å². The molecule has 1 fully saturated rings. The van der Waals surface area contributed by atoms with Crippen molar-refractivity contribution < 1.29 is 14.4 Å². The van der Waals surface area contributed by atoms with Crippen molar-refractivity contribution in [3.8, 4) is 0 Å². The Morgan fingerprint density at radius 2 is 1.60 bits per heavy atom. The average Bonchev–Trinajstić information content (AvgIpc) is 3.12. The van der Waals surface area contributed by atoms with Gasteiger partial charge >= 0.3 is 0 Å². The zero-order valence-electron chi connectivity index (χ0n) is 17.8. The third-order valence-electron chi connectivity index (χ3n) is 5.24. The number of benzene rings is 2. The van der Waals surface area contributed by atoms with Gasteiger partial charge in [-0.05, 0) is 41.7 Å². The first-order chi connectivity index (χ1) is 14.2. The molecule has 1 aliphatic heterocycles. The zero-order chi connectivity index (χ0) is 21.7. The second-order valence-corrected chi connectivity index (χ2v) is 8.61. The molecule has 0 saturated carbocycles. The minimum absolute atomic E-state index is 0.0194. The number of anilines is 2. The van der Waals surface area contributed by atoms with E-state index in [1.54, 1.807) is 29.2 Å². The molecule has 0 radical (unpaired) electrons. The van der Waals surface area contributed by atoms with E-state index in [1.165, 1.54) is 0 Å². The summed E-state index contributed by atoms with van der Waals surface area (Å²) in [6.07, 6.45) is 1.64. The maximum absolute atomic E-state index is 12.7. The van der Waals surface area contributed by atoms with Crippen LogP contribution in [-0.4, -0.2) is 35.7 Å². The highest BCUT2D eigenvalue weighted by Gasteiger charge is 2.21. The molecule has 158 valence electrons. The van der Waals surface area contributed by atoms with Crippen molar-refractivity contribution in [2.24, 2.45) is 0 Å². The first-order valence-corrected chi connectivity index (χ1v) is 10.3. The Hall–Kier alpha value is -3.15. The third-order valence-corrected chi connectivity index (χ3v) is 5.24. The number of likely N-dealkylation sites (tertiary alicyclic amines) is 1. The van der Waals surface area contributed by atoms with Crippen LogP contribution in [0.5, 0.6) is 0 Å². The van der Waals surface area contributed by atoms with Gasteiger partial charge in [-0.1, -0.05) is 45.0 Å². The van der Waals surface area contributed by atoms with E-state index in [4.69, 9.17) is 0 Å². The van der Waals surface area contributed by atoms with Gasteiger partial charge in [-0.15, -0.1) is 0 Å². The molecule has 2 N–H and O–H groups in total. The molecule has 1 heterocycles. The number of rotatable bonds is 6. The number of carbonyl (C=O) groups is 3. The lowest BCUT2D eigenvalue weighted by Gasteiger charge is -2.19. The lowest BCUT2D eigenvalue weighted by atomic mass is 9.87. The largest absolute Gasteiger partial charge is 0.342 e. The second kappa shape index (κ2) is 9.11. The van der Waals surface area contributed by atoms with Crippen molar-refractivity contribution in [3.63, 3.8) is 0 Å². The van der Waals surface area contributed by atoms with Gasteiger partial charge in [0.2, 0.25) is 11.8 Å². The molecule has 30 heavy (non-hydrogen) atoms. The molecule has 1 aliphatic rings. The molecule has 0 bridgehead atoms. The summed E-state index contributed by atoms with van der Waals surface area (Å²) in [5, 5.41) is 5.72. The molecule has 6 heteroatoms. The summed E-state index contributed by atoms with van der Waals surface area (Å²) in [4.78, 5) is 38.4. The Morgan fingerprint density at radius 1 is 0.967 bits per heavy atom. The van der Waals surface area contributed by atoms with E-state index >= 15 is 0 Å². The number of carbonyl (C=O) groups excluding carboxylic acids is 3. The second-order valence-electron chi connectivity index (χ2n) is 8.61. The topological polar surface area (TPSA) is 78.5 Å². The molecule has 3 rings (SSSR count). The van der Waals surface area contributed by atoms with E-state index in [-0.39, 0.29) is 29.6 Å². The van der Waals surface area contributed by atoms with Gasteiger partial charge in [-0.2, -0.15) is 0 Å². The number of nitrogens with one attached hydrogen (secondary N) is 2. The fraction of sp³-hybridized carbons (Fsp3) is 0.375. The van der Waals surface area contributed by atoms with Crippen LogP contribution in [0.15, 0.2) is 48.5 Å². The number of para-hydroxylation sites is 2. The molecule has 0 aliphatic carbocycles. The van der Waals surface area contributed by atoms with Crippen LogP contribution in [0.2, 0.25) is 0 Å². The molecular formula is C24H29N3O3. The van der Waals surface area contributed by atoms with Crippen molar-refractivity contribution in [1.82, 2.24) is 4.90 Å². The van der Waals surface area contributed by atoms with Crippen LogP contribution >= 0.6 is 0 Å². The molecule has 3 amide bonds. The Balaban J connectivity index is 1.62. The fourth-order valence-corrected chi connectivity index (χ4v) is 3.41. The highest BCUT2D eigenvalue weighted by atomic mass is 16.2. The van der Waals surface area contributed by atoms with Gasteiger partial charge in [0.1, 0.15) is 0 Å². The molecule has 1 saturated heterocycles. The molecule has 0 atom stereocenters. The summed E-state index contributed by atoms with van der Waals surface area (Å²) >= 11 is 0. The molecule has 0 aromatic heterocycles. The SMILES string of the molecule is CC(C)(C)c1ccc(C(=O)Nc2ccccc2NC(=O)CCN2CCCC2=O)cc1. The molecule has 0 spiro atoms. The lowest BCUT2D eigenvalue weighted by Crippen LogP contribution is -2.28. The minimum atomic E-state index is -0.236. The number of amides is 3. The van der Waals surface area contributed by atoms with Gasteiger partial charge < -0.3 is 15.5 Å². The van der Waals surface area contributed by atoms with Crippen LogP contribution in [0.25, 0.3) is 0 Å². The molecular weight excluding hydrogens is 378 g/mol. The van der Waals surface area contributed by atoms with Gasteiger partial charge in [0.05, 0.1) is 11.4 Å². The summed E-state index contributed by atoms with van der Waals surface area (Å²) in [7, 11) is 0.